The lowest BCUT2D eigenvalue weighted by Gasteiger charge is -2.56. The van der Waals surface area contributed by atoms with Crippen molar-refractivity contribution < 1.29 is 9.53 Å². The van der Waals surface area contributed by atoms with E-state index in [2.05, 4.69) is 5.32 Å². The Kier molecular flexibility index (Phi) is 4.18. The van der Waals surface area contributed by atoms with Gasteiger partial charge in [0.05, 0.1) is 5.56 Å². The van der Waals surface area contributed by atoms with Gasteiger partial charge in [0.2, 0.25) is 0 Å². The van der Waals surface area contributed by atoms with Crippen LogP contribution in [-0.4, -0.2) is 12.5 Å². The van der Waals surface area contributed by atoms with Gasteiger partial charge in [-0.15, -0.1) is 0 Å². The lowest BCUT2D eigenvalue weighted by atomic mass is 9.49. The van der Waals surface area contributed by atoms with E-state index in [-0.39, 0.29) is 5.91 Å². The molecule has 0 saturated heterocycles. The third-order valence-electron chi connectivity index (χ3n) is 6.89. The zero-order valence-electron chi connectivity index (χ0n) is 15.7. The molecule has 1 N–H and O–H groups in total. The van der Waals surface area contributed by atoms with E-state index in [0.29, 0.717) is 16.7 Å². The first-order valence-corrected chi connectivity index (χ1v) is 10.3. The highest BCUT2D eigenvalue weighted by Crippen LogP contribution is 2.59. The number of amides is 1. The van der Waals surface area contributed by atoms with Crippen LogP contribution in [0.1, 0.15) is 48.9 Å². The minimum atomic E-state index is -0.0164. The van der Waals surface area contributed by atoms with Crippen molar-refractivity contribution in [3.05, 3.63) is 60.2 Å². The number of rotatable bonds is 5. The van der Waals surface area contributed by atoms with Gasteiger partial charge < -0.3 is 10.1 Å². The van der Waals surface area contributed by atoms with Crippen molar-refractivity contribution in [2.24, 2.45) is 23.2 Å². The van der Waals surface area contributed by atoms with Gasteiger partial charge in [0, 0.05) is 6.54 Å². The van der Waals surface area contributed by atoms with Gasteiger partial charge in [0.15, 0.2) is 0 Å². The molecule has 4 aliphatic rings. The fourth-order valence-electron chi connectivity index (χ4n) is 6.23. The van der Waals surface area contributed by atoms with Crippen LogP contribution in [0, 0.1) is 23.2 Å². The predicted octanol–water partition coefficient (Wildman–Crippen LogP) is 5.43. The Morgan fingerprint density at radius 2 is 1.48 bits per heavy atom. The highest BCUT2D eigenvalue weighted by atomic mass is 16.5. The fraction of sp³-hybridized carbons (Fsp3) is 0.458. The summed E-state index contributed by atoms with van der Waals surface area (Å²) in [6.45, 7) is 0.814. The van der Waals surface area contributed by atoms with E-state index >= 15 is 0 Å². The zero-order chi connectivity index (χ0) is 18.3. The maximum Gasteiger partial charge on any atom is 0.255 e. The van der Waals surface area contributed by atoms with Crippen LogP contribution in [0.15, 0.2) is 54.6 Å². The molecule has 0 atom stereocenters. The Morgan fingerprint density at radius 3 is 2.15 bits per heavy atom. The van der Waals surface area contributed by atoms with Crippen molar-refractivity contribution in [1.29, 1.82) is 0 Å². The zero-order valence-corrected chi connectivity index (χ0v) is 15.7. The quantitative estimate of drug-likeness (QED) is 0.772. The molecule has 4 fully saturated rings. The minimum Gasteiger partial charge on any atom is -0.457 e. The Balaban J connectivity index is 1.29. The van der Waals surface area contributed by atoms with E-state index in [9.17, 15) is 4.79 Å². The standard InChI is InChI=1S/C24H27NO2/c26-23(21-8-4-5-9-22(21)27-20-6-2-1-3-7-20)25-16-24-13-17-10-18(14-24)12-19(11-17)15-24/h1-9,17-19H,10-16H2,(H,25,26). The fourth-order valence-corrected chi connectivity index (χ4v) is 6.23. The summed E-state index contributed by atoms with van der Waals surface area (Å²) < 4.78 is 5.97. The van der Waals surface area contributed by atoms with E-state index in [4.69, 9.17) is 4.74 Å². The Hall–Kier alpha value is -2.29. The average molecular weight is 361 g/mol. The maximum absolute atomic E-state index is 13.0. The normalized spacial score (nSPS) is 30.9. The smallest absolute Gasteiger partial charge is 0.255 e. The van der Waals surface area contributed by atoms with Crippen LogP contribution >= 0.6 is 0 Å². The van der Waals surface area contributed by atoms with Crippen molar-refractivity contribution in [3.8, 4) is 11.5 Å². The summed E-state index contributed by atoms with van der Waals surface area (Å²) in [6, 6.07) is 17.2. The van der Waals surface area contributed by atoms with Crippen molar-refractivity contribution in [2.45, 2.75) is 38.5 Å². The molecule has 4 saturated carbocycles. The molecule has 1 amide bonds. The van der Waals surface area contributed by atoms with Crippen molar-refractivity contribution in [3.63, 3.8) is 0 Å². The Labute approximate surface area is 161 Å². The SMILES string of the molecule is O=C(NCC12CC3CC(CC(C3)C1)C2)c1ccccc1Oc1ccccc1. The van der Waals surface area contributed by atoms with E-state index in [1.165, 1.54) is 38.5 Å². The second-order valence-electron chi connectivity index (χ2n) is 9.01. The molecule has 0 unspecified atom stereocenters. The predicted molar refractivity (Wildman–Crippen MR) is 106 cm³/mol. The Morgan fingerprint density at radius 1 is 0.889 bits per heavy atom. The van der Waals surface area contributed by atoms with Crippen LogP contribution < -0.4 is 10.1 Å². The van der Waals surface area contributed by atoms with Crippen LogP contribution in [0.25, 0.3) is 0 Å². The number of para-hydroxylation sites is 2. The molecule has 4 aliphatic carbocycles. The summed E-state index contributed by atoms with van der Waals surface area (Å²) >= 11 is 0. The number of hydrogen-bond acceptors (Lipinski definition) is 2. The molecular formula is C24H27NO2. The van der Waals surface area contributed by atoms with Gasteiger partial charge in [0.25, 0.3) is 5.91 Å². The van der Waals surface area contributed by atoms with Crippen LogP contribution in [0.2, 0.25) is 0 Å². The third-order valence-corrected chi connectivity index (χ3v) is 6.89. The maximum atomic E-state index is 13.0. The van der Waals surface area contributed by atoms with E-state index in [1.807, 2.05) is 54.6 Å². The van der Waals surface area contributed by atoms with Crippen molar-refractivity contribution in [1.82, 2.24) is 5.32 Å². The molecule has 3 heteroatoms. The first-order chi connectivity index (χ1) is 13.2. The molecule has 0 heterocycles. The number of nitrogens with one attached hydrogen (secondary N) is 1. The molecule has 0 aromatic heterocycles. The van der Waals surface area contributed by atoms with Crippen molar-refractivity contribution in [2.75, 3.05) is 6.54 Å². The summed E-state index contributed by atoms with van der Waals surface area (Å²) in [5.41, 5.74) is 0.964. The van der Waals surface area contributed by atoms with Gasteiger partial charge in [-0.25, -0.2) is 0 Å². The molecule has 0 spiro atoms. The number of carbonyl (C=O) groups excluding carboxylic acids is 1. The molecule has 2 aromatic carbocycles. The van der Waals surface area contributed by atoms with E-state index in [1.54, 1.807) is 0 Å². The topological polar surface area (TPSA) is 38.3 Å². The first-order valence-electron chi connectivity index (χ1n) is 10.3. The highest BCUT2D eigenvalue weighted by Gasteiger charge is 2.50. The summed E-state index contributed by atoms with van der Waals surface area (Å²) in [6.07, 6.45) is 8.22. The van der Waals surface area contributed by atoms with Crippen LogP contribution in [0.3, 0.4) is 0 Å². The van der Waals surface area contributed by atoms with Crippen LogP contribution in [0.5, 0.6) is 11.5 Å². The lowest BCUT2D eigenvalue weighted by Crippen LogP contribution is -2.51. The van der Waals surface area contributed by atoms with Gasteiger partial charge in [-0.3, -0.25) is 4.79 Å². The molecule has 0 radical (unpaired) electrons. The largest absolute Gasteiger partial charge is 0.457 e. The van der Waals surface area contributed by atoms with Crippen LogP contribution in [-0.2, 0) is 0 Å². The van der Waals surface area contributed by atoms with Gasteiger partial charge in [-0.1, -0.05) is 30.3 Å². The first kappa shape index (κ1) is 16.9. The van der Waals surface area contributed by atoms with Gasteiger partial charge in [-0.05, 0) is 86.0 Å². The van der Waals surface area contributed by atoms with Gasteiger partial charge in [-0.2, -0.15) is 0 Å². The van der Waals surface area contributed by atoms with Gasteiger partial charge in [0.1, 0.15) is 11.5 Å². The molecule has 0 aliphatic heterocycles. The van der Waals surface area contributed by atoms with Crippen molar-refractivity contribution >= 4 is 5.91 Å². The summed E-state index contributed by atoms with van der Waals surface area (Å²) in [5, 5.41) is 3.26. The number of ether oxygens (including phenoxy) is 1. The highest BCUT2D eigenvalue weighted by molar-refractivity contribution is 5.97. The molecule has 3 nitrogen and oxygen atoms in total. The Bertz CT molecular complexity index is 794. The van der Waals surface area contributed by atoms with E-state index < -0.39 is 0 Å². The lowest BCUT2D eigenvalue weighted by molar-refractivity contribution is -0.0503. The molecule has 27 heavy (non-hydrogen) atoms. The molecule has 6 rings (SSSR count). The summed E-state index contributed by atoms with van der Waals surface area (Å²) in [7, 11) is 0. The second kappa shape index (κ2) is 6.70. The second-order valence-corrected chi connectivity index (χ2v) is 9.01. The number of benzene rings is 2. The molecule has 2 aromatic rings. The average Bonchev–Trinajstić information content (AvgIpc) is 2.66. The monoisotopic (exact) mass is 361 g/mol. The summed E-state index contributed by atoms with van der Waals surface area (Å²) in [5.74, 6) is 4.06. The number of hydrogen-bond donors (Lipinski definition) is 1. The minimum absolute atomic E-state index is 0.0164. The van der Waals surface area contributed by atoms with Crippen LogP contribution in [0.4, 0.5) is 0 Å². The molecular weight excluding hydrogens is 334 g/mol. The van der Waals surface area contributed by atoms with E-state index in [0.717, 1.165) is 30.0 Å². The third kappa shape index (κ3) is 3.36. The summed E-state index contributed by atoms with van der Waals surface area (Å²) in [4.78, 5) is 13.0. The van der Waals surface area contributed by atoms with Gasteiger partial charge >= 0.3 is 0 Å². The molecule has 4 bridgehead atoms. The molecule has 140 valence electrons. The number of carbonyl (C=O) groups is 1.